The predicted octanol–water partition coefficient (Wildman–Crippen LogP) is 13.7. The molecule has 9 aromatic rings. The van der Waals surface area contributed by atoms with Crippen molar-refractivity contribution in [3.63, 3.8) is 0 Å². The number of fused-ring (bicyclic) bond motifs is 2. The summed E-state index contributed by atoms with van der Waals surface area (Å²) in [6.07, 6.45) is 0. The van der Waals surface area contributed by atoms with Crippen LogP contribution >= 0.6 is 0 Å². The molecule has 0 N–H and O–H groups in total. The van der Waals surface area contributed by atoms with Crippen LogP contribution in [0.2, 0.25) is 0 Å². The maximum Gasteiger partial charge on any atom is 0.143 e. The smallest absolute Gasteiger partial charge is 0.143 e. The van der Waals surface area contributed by atoms with Crippen molar-refractivity contribution in [2.75, 3.05) is 4.90 Å². The van der Waals surface area contributed by atoms with E-state index in [9.17, 15) is 0 Å². The van der Waals surface area contributed by atoms with Crippen LogP contribution in [0.15, 0.2) is 205 Å². The van der Waals surface area contributed by atoms with Gasteiger partial charge in [-0.25, -0.2) is 0 Å². The molecule has 2 heteroatoms. The van der Waals surface area contributed by atoms with Gasteiger partial charge in [-0.1, -0.05) is 158 Å². The number of benzene rings is 8. The van der Waals surface area contributed by atoms with Gasteiger partial charge < -0.3 is 9.32 Å². The highest BCUT2D eigenvalue weighted by molar-refractivity contribution is 6.02. The van der Waals surface area contributed by atoms with Crippen molar-refractivity contribution in [3.8, 4) is 44.7 Å². The van der Waals surface area contributed by atoms with Gasteiger partial charge in [0.05, 0.1) is 5.69 Å². The van der Waals surface area contributed by atoms with Crippen LogP contribution < -0.4 is 4.90 Å². The molecule has 0 spiro atoms. The first-order valence-electron chi connectivity index (χ1n) is 17.0. The van der Waals surface area contributed by atoms with Gasteiger partial charge in [0, 0.05) is 33.3 Å². The van der Waals surface area contributed by atoms with Crippen LogP contribution in [0.5, 0.6) is 0 Å². The van der Waals surface area contributed by atoms with Crippen molar-refractivity contribution in [1.29, 1.82) is 0 Å². The normalized spacial score (nSPS) is 11.2. The third-order valence-corrected chi connectivity index (χ3v) is 9.46. The first kappa shape index (κ1) is 29.5. The molecule has 0 aliphatic rings. The summed E-state index contributed by atoms with van der Waals surface area (Å²) in [6, 6.07) is 71.0. The van der Waals surface area contributed by atoms with E-state index in [-0.39, 0.29) is 0 Å². The molecule has 0 saturated heterocycles. The quantitative estimate of drug-likeness (QED) is 0.173. The number of rotatable bonds is 7. The molecule has 236 valence electrons. The molecule has 1 aromatic heterocycles. The van der Waals surface area contributed by atoms with Gasteiger partial charge in [-0.05, 0) is 75.7 Å². The summed E-state index contributed by atoms with van der Waals surface area (Å²) in [5.41, 5.74) is 12.2. The second-order valence-electron chi connectivity index (χ2n) is 12.5. The van der Waals surface area contributed by atoms with Crippen LogP contribution in [-0.4, -0.2) is 0 Å². The van der Waals surface area contributed by atoms with Gasteiger partial charge >= 0.3 is 0 Å². The first-order chi connectivity index (χ1) is 24.8. The maximum atomic E-state index is 6.55. The van der Waals surface area contributed by atoms with Crippen LogP contribution in [-0.2, 0) is 0 Å². The Hall–Kier alpha value is -6.64. The van der Waals surface area contributed by atoms with E-state index >= 15 is 0 Å². The first-order valence-corrected chi connectivity index (χ1v) is 17.0. The topological polar surface area (TPSA) is 16.4 Å². The maximum absolute atomic E-state index is 6.55. The summed E-state index contributed by atoms with van der Waals surface area (Å²) in [5.74, 6) is 0.885. The molecule has 8 aromatic carbocycles. The second-order valence-corrected chi connectivity index (χ2v) is 12.5. The highest BCUT2D eigenvalue weighted by Gasteiger charge is 2.19. The fraction of sp³-hybridized carbons (Fsp3) is 0. The lowest BCUT2D eigenvalue weighted by molar-refractivity contribution is 0.632. The number of nitrogens with zero attached hydrogens (tertiary/aromatic N) is 1. The summed E-state index contributed by atoms with van der Waals surface area (Å²) in [7, 11) is 0. The van der Waals surface area contributed by atoms with Crippen LogP contribution in [0, 0.1) is 0 Å². The van der Waals surface area contributed by atoms with Crippen LogP contribution in [0.1, 0.15) is 0 Å². The third-order valence-electron chi connectivity index (χ3n) is 9.46. The second kappa shape index (κ2) is 12.8. The highest BCUT2D eigenvalue weighted by Crippen LogP contribution is 2.43. The number of furan rings is 1. The third kappa shape index (κ3) is 5.43. The Bertz CT molecular complexity index is 2580. The Balaban J connectivity index is 1.14. The van der Waals surface area contributed by atoms with Crippen molar-refractivity contribution in [2.24, 2.45) is 0 Å². The van der Waals surface area contributed by atoms with Gasteiger partial charge in [0.15, 0.2) is 0 Å². The van der Waals surface area contributed by atoms with Crippen molar-refractivity contribution in [1.82, 2.24) is 0 Å². The van der Waals surface area contributed by atoms with Crippen LogP contribution in [0.4, 0.5) is 17.1 Å². The zero-order valence-electron chi connectivity index (χ0n) is 27.4. The van der Waals surface area contributed by atoms with Gasteiger partial charge in [-0.15, -0.1) is 0 Å². The molecule has 0 aliphatic heterocycles. The Morgan fingerprint density at radius 3 is 1.70 bits per heavy atom. The number of para-hydroxylation sites is 1. The number of hydrogen-bond acceptors (Lipinski definition) is 2. The molecule has 1 heterocycles. The summed E-state index contributed by atoms with van der Waals surface area (Å²) in [4.78, 5) is 2.37. The van der Waals surface area contributed by atoms with E-state index in [1.165, 1.54) is 21.9 Å². The lowest BCUT2D eigenvalue weighted by Gasteiger charge is -2.27. The van der Waals surface area contributed by atoms with Gasteiger partial charge in [0.1, 0.15) is 11.3 Å². The largest absolute Gasteiger partial charge is 0.455 e. The van der Waals surface area contributed by atoms with E-state index in [1.54, 1.807) is 0 Å². The Morgan fingerprint density at radius 1 is 0.340 bits per heavy atom. The minimum absolute atomic E-state index is 0.885. The average Bonchev–Trinajstić information content (AvgIpc) is 3.59. The molecule has 0 saturated carbocycles. The van der Waals surface area contributed by atoms with Crippen LogP contribution in [0.3, 0.4) is 0 Å². The molecule has 0 radical (unpaired) electrons. The Labute approximate surface area is 292 Å². The summed E-state index contributed by atoms with van der Waals surface area (Å²) in [6.45, 7) is 0. The van der Waals surface area contributed by atoms with Gasteiger partial charge in [-0.3, -0.25) is 0 Å². The summed E-state index contributed by atoms with van der Waals surface area (Å²) < 4.78 is 6.55. The van der Waals surface area contributed by atoms with Gasteiger partial charge in [0.25, 0.3) is 0 Å². The van der Waals surface area contributed by atoms with Crippen LogP contribution in [0.25, 0.3) is 66.4 Å². The van der Waals surface area contributed by atoms with Gasteiger partial charge in [0.2, 0.25) is 0 Å². The van der Waals surface area contributed by atoms with E-state index in [1.807, 2.05) is 12.1 Å². The zero-order valence-corrected chi connectivity index (χ0v) is 27.4. The SMILES string of the molecule is c1ccc(-c2cccc(N(c3ccc(-c4cccc(-c5oc6ccccc6c5-c5ccccc5)c4)cc3)c3cccc4ccccc34)c2)cc1. The zero-order chi connectivity index (χ0) is 33.3. The molecule has 0 fully saturated rings. The molecule has 0 atom stereocenters. The molecule has 50 heavy (non-hydrogen) atoms. The number of anilines is 3. The predicted molar refractivity (Wildman–Crippen MR) is 210 cm³/mol. The van der Waals surface area contributed by atoms with Crippen molar-refractivity contribution >= 4 is 38.8 Å². The monoisotopic (exact) mass is 639 g/mol. The molecular weight excluding hydrogens is 607 g/mol. The van der Waals surface area contributed by atoms with E-state index in [0.717, 1.165) is 61.6 Å². The fourth-order valence-electron chi connectivity index (χ4n) is 7.07. The summed E-state index contributed by atoms with van der Waals surface area (Å²) in [5, 5.41) is 3.54. The van der Waals surface area contributed by atoms with E-state index in [4.69, 9.17) is 4.42 Å². The van der Waals surface area contributed by atoms with Crippen molar-refractivity contribution in [3.05, 3.63) is 200 Å². The minimum atomic E-state index is 0.885. The fourth-order valence-corrected chi connectivity index (χ4v) is 7.07. The summed E-state index contributed by atoms with van der Waals surface area (Å²) >= 11 is 0. The Kier molecular flexibility index (Phi) is 7.53. The molecule has 0 unspecified atom stereocenters. The van der Waals surface area contributed by atoms with Crippen molar-refractivity contribution < 1.29 is 4.42 Å². The molecule has 0 amide bonds. The average molecular weight is 640 g/mol. The molecule has 0 aliphatic carbocycles. The standard InChI is InChI=1S/C48H33NO/c1-3-14-34(15-4-1)39-21-12-23-42(33-39)49(45-26-13-19-36-16-7-8-24-43(36)45)41-30-28-35(29-31-41)38-20-11-22-40(32-38)48-47(37-17-5-2-6-18-37)44-25-9-10-27-46(44)50-48/h1-33H. The highest BCUT2D eigenvalue weighted by atomic mass is 16.3. The van der Waals surface area contributed by atoms with Crippen molar-refractivity contribution in [2.45, 2.75) is 0 Å². The molecule has 9 rings (SSSR count). The number of hydrogen-bond donors (Lipinski definition) is 0. The molecular formula is C48H33NO. The molecule has 0 bridgehead atoms. The van der Waals surface area contributed by atoms with Gasteiger partial charge in [-0.2, -0.15) is 0 Å². The lowest BCUT2D eigenvalue weighted by atomic mass is 9.96. The molecule has 2 nitrogen and oxygen atoms in total. The lowest BCUT2D eigenvalue weighted by Crippen LogP contribution is -2.10. The van der Waals surface area contributed by atoms with E-state index in [2.05, 4.69) is 193 Å². The minimum Gasteiger partial charge on any atom is -0.455 e. The van der Waals surface area contributed by atoms with E-state index < -0.39 is 0 Å². The van der Waals surface area contributed by atoms with E-state index in [0.29, 0.717) is 0 Å². The Morgan fingerprint density at radius 2 is 0.900 bits per heavy atom.